The number of carbonyl (C=O) groups excluding carboxylic acids is 1. The molecule has 0 bridgehead atoms. The van der Waals surface area contributed by atoms with Gasteiger partial charge in [-0.25, -0.2) is 4.98 Å². The molecule has 0 aliphatic carbocycles. The lowest BCUT2D eigenvalue weighted by molar-refractivity contribution is -0.116. The lowest BCUT2D eigenvalue weighted by Gasteiger charge is -2.12. The number of hydrogen-bond donors (Lipinski definition) is 1. The molecule has 1 amide bonds. The van der Waals surface area contributed by atoms with Crippen LogP contribution >= 0.6 is 11.8 Å². The predicted octanol–water partition coefficient (Wildman–Crippen LogP) is 7.33. The quantitative estimate of drug-likeness (QED) is 0.127. The second-order valence-corrected chi connectivity index (χ2v) is 9.63. The summed E-state index contributed by atoms with van der Waals surface area (Å²) in [7, 11) is 0. The Kier molecular flexibility index (Phi) is 9.57. The molecule has 0 unspecified atom stereocenters. The van der Waals surface area contributed by atoms with Crippen LogP contribution in [0.5, 0.6) is 0 Å². The number of aromatic nitrogens is 2. The molecule has 4 nitrogen and oxygen atoms in total. The molecule has 184 valence electrons. The van der Waals surface area contributed by atoms with E-state index in [1.807, 2.05) is 42.5 Å². The molecule has 0 spiro atoms. The number of amides is 1. The fraction of sp³-hybridized carbons (Fsp3) is 0.226. The van der Waals surface area contributed by atoms with Gasteiger partial charge in [0.1, 0.15) is 0 Å². The third-order valence-corrected chi connectivity index (χ3v) is 6.90. The van der Waals surface area contributed by atoms with Crippen molar-refractivity contribution in [2.45, 2.75) is 37.9 Å². The van der Waals surface area contributed by atoms with E-state index in [0.717, 1.165) is 53.5 Å². The van der Waals surface area contributed by atoms with Crippen LogP contribution in [0.1, 0.15) is 31.7 Å². The van der Waals surface area contributed by atoms with E-state index in [-0.39, 0.29) is 5.91 Å². The number of nitrogens with one attached hydrogen (secondary N) is 1. The monoisotopic (exact) mass is 495 g/mol. The molecule has 0 aliphatic heterocycles. The summed E-state index contributed by atoms with van der Waals surface area (Å²) in [6.07, 6.45) is 6.53. The number of rotatable bonds is 12. The number of unbranched alkanes of at least 4 members (excludes halogenated alkanes) is 1. The Morgan fingerprint density at radius 1 is 0.889 bits per heavy atom. The molecule has 3 aromatic carbocycles. The maximum absolute atomic E-state index is 12.2. The highest BCUT2D eigenvalue weighted by Gasteiger charge is 2.20. The van der Waals surface area contributed by atoms with Crippen molar-refractivity contribution in [2.75, 3.05) is 12.3 Å². The van der Waals surface area contributed by atoms with E-state index in [2.05, 4.69) is 71.4 Å². The van der Waals surface area contributed by atoms with Crippen molar-refractivity contribution >= 4 is 23.7 Å². The topological polar surface area (TPSA) is 46.9 Å². The molecule has 0 aliphatic rings. The van der Waals surface area contributed by atoms with Crippen molar-refractivity contribution in [3.8, 4) is 22.5 Å². The van der Waals surface area contributed by atoms with Crippen LogP contribution in [0.3, 0.4) is 0 Å². The maximum Gasteiger partial charge on any atom is 0.243 e. The molecule has 4 aromatic rings. The van der Waals surface area contributed by atoms with Gasteiger partial charge in [0.2, 0.25) is 5.91 Å². The Bertz CT molecular complexity index is 1250. The summed E-state index contributed by atoms with van der Waals surface area (Å²) in [4.78, 5) is 17.3. The second kappa shape index (κ2) is 13.5. The number of benzene rings is 3. The van der Waals surface area contributed by atoms with Crippen LogP contribution in [0.25, 0.3) is 28.6 Å². The van der Waals surface area contributed by atoms with E-state index >= 15 is 0 Å². The number of nitrogens with zero attached hydrogens (tertiary/aromatic N) is 2. The molecule has 4 rings (SSSR count). The third-order valence-electron chi connectivity index (χ3n) is 5.84. The van der Waals surface area contributed by atoms with Crippen molar-refractivity contribution in [3.05, 3.63) is 103 Å². The van der Waals surface area contributed by atoms with Crippen molar-refractivity contribution in [2.24, 2.45) is 0 Å². The van der Waals surface area contributed by atoms with E-state index in [1.54, 1.807) is 17.8 Å². The minimum absolute atomic E-state index is 0.0639. The maximum atomic E-state index is 12.2. The second-order valence-electron chi connectivity index (χ2n) is 8.57. The molecule has 36 heavy (non-hydrogen) atoms. The fourth-order valence-corrected chi connectivity index (χ4v) is 4.96. The van der Waals surface area contributed by atoms with Gasteiger partial charge >= 0.3 is 0 Å². The fourth-order valence-electron chi connectivity index (χ4n) is 3.99. The first-order valence-electron chi connectivity index (χ1n) is 12.6. The normalized spacial score (nSPS) is 11.1. The first-order chi connectivity index (χ1) is 17.8. The van der Waals surface area contributed by atoms with Gasteiger partial charge in [-0.3, -0.25) is 4.79 Å². The third kappa shape index (κ3) is 6.98. The summed E-state index contributed by atoms with van der Waals surface area (Å²) in [5.74, 6) is 0.819. The molecule has 0 radical (unpaired) electrons. The van der Waals surface area contributed by atoms with Crippen molar-refractivity contribution in [3.63, 3.8) is 0 Å². The van der Waals surface area contributed by atoms with Crippen LogP contribution in [-0.2, 0) is 11.3 Å². The van der Waals surface area contributed by atoms with Gasteiger partial charge in [-0.05, 0) is 24.5 Å². The zero-order chi connectivity index (χ0) is 25.0. The van der Waals surface area contributed by atoms with Crippen molar-refractivity contribution in [1.82, 2.24) is 14.9 Å². The van der Waals surface area contributed by atoms with Gasteiger partial charge in [0, 0.05) is 36.0 Å². The minimum atomic E-state index is -0.0639. The minimum Gasteiger partial charge on any atom is -0.353 e. The van der Waals surface area contributed by atoms with Crippen LogP contribution in [-0.4, -0.2) is 27.8 Å². The molecule has 0 fully saturated rings. The summed E-state index contributed by atoms with van der Waals surface area (Å²) in [5, 5.41) is 4.03. The highest BCUT2D eigenvalue weighted by atomic mass is 32.2. The molecular formula is C31H33N3OS. The van der Waals surface area contributed by atoms with E-state index in [1.165, 1.54) is 11.3 Å². The number of imidazole rings is 1. The standard InChI is InChI=1S/C31H33N3OS/c1-2-3-23-34-30(27-18-11-6-12-19-27)29(26-16-9-5-10-17-26)33-31(34)36-24-13-22-32-28(35)21-20-25-14-7-4-8-15-25/h4-12,14-21H,2-3,13,22-24H2,1H3,(H,32,35). The Hall–Kier alpha value is -3.57. The molecule has 0 atom stereocenters. The lowest BCUT2D eigenvalue weighted by atomic mass is 10.0. The first-order valence-corrected chi connectivity index (χ1v) is 13.6. The lowest BCUT2D eigenvalue weighted by Crippen LogP contribution is -2.22. The Morgan fingerprint density at radius 3 is 2.19 bits per heavy atom. The molecule has 1 heterocycles. The highest BCUT2D eigenvalue weighted by molar-refractivity contribution is 7.99. The molecule has 1 N–H and O–H groups in total. The molecule has 1 aromatic heterocycles. The van der Waals surface area contributed by atoms with Gasteiger partial charge < -0.3 is 9.88 Å². The zero-order valence-electron chi connectivity index (χ0n) is 20.8. The Labute approximate surface area is 218 Å². The van der Waals surface area contributed by atoms with Gasteiger partial charge in [-0.1, -0.05) is 116 Å². The van der Waals surface area contributed by atoms with Crippen LogP contribution in [0.4, 0.5) is 0 Å². The number of hydrogen-bond acceptors (Lipinski definition) is 3. The molecule has 5 heteroatoms. The summed E-state index contributed by atoms with van der Waals surface area (Å²) < 4.78 is 2.38. The summed E-state index contributed by atoms with van der Waals surface area (Å²) in [6.45, 7) is 3.79. The van der Waals surface area contributed by atoms with Crippen molar-refractivity contribution < 1.29 is 4.79 Å². The first kappa shape index (κ1) is 25.5. The number of carbonyl (C=O) groups is 1. The average Bonchev–Trinajstić information content (AvgIpc) is 3.30. The van der Waals surface area contributed by atoms with Crippen LogP contribution in [0, 0.1) is 0 Å². The van der Waals surface area contributed by atoms with Gasteiger partial charge in [-0.2, -0.15) is 0 Å². The largest absolute Gasteiger partial charge is 0.353 e. The molecule has 0 saturated carbocycles. The Morgan fingerprint density at radius 2 is 1.53 bits per heavy atom. The zero-order valence-corrected chi connectivity index (χ0v) is 21.6. The van der Waals surface area contributed by atoms with Gasteiger partial charge in [0.15, 0.2) is 5.16 Å². The van der Waals surface area contributed by atoms with Gasteiger partial charge in [0.05, 0.1) is 11.4 Å². The van der Waals surface area contributed by atoms with E-state index in [9.17, 15) is 4.79 Å². The van der Waals surface area contributed by atoms with E-state index in [4.69, 9.17) is 4.98 Å². The SMILES string of the molecule is CCCCn1c(SCCCNC(=O)C=Cc2ccccc2)nc(-c2ccccc2)c1-c1ccccc1. The van der Waals surface area contributed by atoms with E-state index in [0.29, 0.717) is 6.54 Å². The van der Waals surface area contributed by atoms with Crippen LogP contribution in [0.2, 0.25) is 0 Å². The van der Waals surface area contributed by atoms with Crippen LogP contribution < -0.4 is 5.32 Å². The van der Waals surface area contributed by atoms with Gasteiger partial charge in [-0.15, -0.1) is 0 Å². The summed E-state index contributed by atoms with van der Waals surface area (Å²) in [6, 6.07) is 30.8. The summed E-state index contributed by atoms with van der Waals surface area (Å²) >= 11 is 1.77. The van der Waals surface area contributed by atoms with Crippen molar-refractivity contribution in [1.29, 1.82) is 0 Å². The number of thioether (sulfide) groups is 1. The van der Waals surface area contributed by atoms with Crippen LogP contribution in [0.15, 0.2) is 102 Å². The molecular weight excluding hydrogens is 462 g/mol. The van der Waals surface area contributed by atoms with E-state index < -0.39 is 0 Å². The Balaban J connectivity index is 1.45. The smallest absolute Gasteiger partial charge is 0.243 e. The van der Waals surface area contributed by atoms with Gasteiger partial charge in [0.25, 0.3) is 0 Å². The molecule has 0 saturated heterocycles. The highest BCUT2D eigenvalue weighted by Crippen LogP contribution is 2.36. The predicted molar refractivity (Wildman–Crippen MR) is 152 cm³/mol. The summed E-state index contributed by atoms with van der Waals surface area (Å²) in [5.41, 5.74) is 5.54. The average molecular weight is 496 g/mol.